The summed E-state index contributed by atoms with van der Waals surface area (Å²) in [6.07, 6.45) is 7.86. The molecule has 1 atom stereocenters. The summed E-state index contributed by atoms with van der Waals surface area (Å²) in [5.74, 6) is 3.33. The number of benzene rings is 1. The normalized spacial score (nSPS) is 11.1. The first-order valence-corrected chi connectivity index (χ1v) is 7.09. The fraction of sp³-hybridized carbons (Fsp3) is 0.389. The van der Waals surface area contributed by atoms with Gasteiger partial charge in [0.15, 0.2) is 17.6 Å². The average molecular weight is 318 g/mol. The molecule has 1 aromatic carbocycles. The maximum atomic E-state index is 11.4. The second-order valence-corrected chi connectivity index (χ2v) is 4.70. The summed E-state index contributed by atoms with van der Waals surface area (Å²) < 4.78 is 21.5. The Labute approximate surface area is 137 Å². The number of hydrogen-bond acceptors (Lipinski definition) is 5. The Kier molecular flexibility index (Phi) is 7.01. The second-order valence-electron chi connectivity index (χ2n) is 4.70. The summed E-state index contributed by atoms with van der Waals surface area (Å²) in [6, 6.07) is 1.81. The number of rotatable bonds is 8. The van der Waals surface area contributed by atoms with Gasteiger partial charge in [-0.1, -0.05) is 12.0 Å². The molecule has 0 saturated carbocycles. The van der Waals surface area contributed by atoms with Gasteiger partial charge in [0.05, 0.1) is 26.9 Å². The maximum absolute atomic E-state index is 11.4. The third-order valence-electron chi connectivity index (χ3n) is 3.27. The molecule has 1 rings (SSSR count). The van der Waals surface area contributed by atoms with Crippen molar-refractivity contribution in [2.45, 2.75) is 25.9 Å². The van der Waals surface area contributed by atoms with E-state index >= 15 is 0 Å². The fourth-order valence-electron chi connectivity index (χ4n) is 2.32. The minimum absolute atomic E-state index is 0.398. The highest BCUT2D eigenvalue weighted by molar-refractivity contribution is 5.68. The van der Waals surface area contributed by atoms with Crippen LogP contribution >= 0.6 is 0 Å². The highest BCUT2D eigenvalue weighted by atomic mass is 16.5. The summed E-state index contributed by atoms with van der Waals surface area (Å²) in [7, 11) is 4.54. The first kappa shape index (κ1) is 18.4. The number of carbonyl (C=O) groups excluding carboxylic acids is 1. The lowest BCUT2D eigenvalue weighted by atomic mass is 9.96. The van der Waals surface area contributed by atoms with E-state index in [-0.39, 0.29) is 0 Å². The van der Waals surface area contributed by atoms with Gasteiger partial charge in [-0.25, -0.2) is 0 Å². The number of carbonyl (C=O) groups is 1. The molecule has 0 spiro atoms. The molecular weight excluding hydrogens is 296 g/mol. The molecule has 5 heteroatoms. The third-order valence-corrected chi connectivity index (χ3v) is 3.27. The molecule has 0 radical (unpaired) electrons. The minimum atomic E-state index is -0.873. The van der Waals surface area contributed by atoms with Crippen molar-refractivity contribution in [3.05, 3.63) is 29.8 Å². The quantitative estimate of drug-likeness (QED) is 0.419. The molecule has 1 unspecified atom stereocenters. The first-order chi connectivity index (χ1) is 11.0. The molecule has 23 heavy (non-hydrogen) atoms. The van der Waals surface area contributed by atoms with Crippen LogP contribution in [-0.2, 0) is 16.0 Å². The summed E-state index contributed by atoms with van der Waals surface area (Å²) in [5, 5.41) is 0. The Morgan fingerprint density at radius 1 is 1.30 bits per heavy atom. The number of terminal acetylenes is 1. The topological polar surface area (TPSA) is 54.0 Å². The predicted octanol–water partition coefficient (Wildman–Crippen LogP) is 3.07. The zero-order chi connectivity index (χ0) is 17.4. The molecule has 0 aliphatic carbocycles. The molecule has 0 heterocycles. The van der Waals surface area contributed by atoms with Gasteiger partial charge >= 0.3 is 5.97 Å². The lowest BCUT2D eigenvalue weighted by Gasteiger charge is -2.22. The molecular formula is C18H22O5. The van der Waals surface area contributed by atoms with Gasteiger partial charge < -0.3 is 18.9 Å². The van der Waals surface area contributed by atoms with Crippen molar-refractivity contribution < 1.29 is 23.7 Å². The van der Waals surface area contributed by atoms with E-state index < -0.39 is 12.1 Å². The van der Waals surface area contributed by atoms with Crippen LogP contribution in [0.25, 0.3) is 0 Å². The van der Waals surface area contributed by atoms with Crippen LogP contribution in [-0.4, -0.2) is 27.3 Å². The van der Waals surface area contributed by atoms with E-state index in [0.717, 1.165) is 12.0 Å². The summed E-state index contributed by atoms with van der Waals surface area (Å²) >= 11 is 0. The van der Waals surface area contributed by atoms with Crippen LogP contribution in [0.1, 0.15) is 30.6 Å². The Hall–Kier alpha value is -2.61. The number of allylic oxidation sites excluding steroid dienone is 1. The predicted molar refractivity (Wildman–Crippen MR) is 88.0 cm³/mol. The van der Waals surface area contributed by atoms with Crippen LogP contribution in [0, 0.1) is 12.3 Å². The van der Waals surface area contributed by atoms with Crippen molar-refractivity contribution in [1.29, 1.82) is 0 Å². The summed E-state index contributed by atoms with van der Waals surface area (Å²) in [5.41, 5.74) is 1.44. The molecule has 0 aromatic heterocycles. The van der Waals surface area contributed by atoms with Crippen molar-refractivity contribution in [2.24, 2.45) is 0 Å². The monoisotopic (exact) mass is 318 g/mol. The molecule has 0 aliphatic rings. The maximum Gasteiger partial charge on any atom is 0.304 e. The van der Waals surface area contributed by atoms with Gasteiger partial charge in [-0.3, -0.25) is 4.79 Å². The van der Waals surface area contributed by atoms with Crippen molar-refractivity contribution in [2.75, 3.05) is 21.3 Å². The van der Waals surface area contributed by atoms with Gasteiger partial charge in [-0.2, -0.15) is 0 Å². The highest BCUT2D eigenvalue weighted by Gasteiger charge is 2.27. The van der Waals surface area contributed by atoms with Crippen LogP contribution in [0.15, 0.2) is 18.7 Å². The highest BCUT2D eigenvalue weighted by Crippen LogP contribution is 2.45. The van der Waals surface area contributed by atoms with Crippen LogP contribution in [0.4, 0.5) is 0 Å². The molecule has 0 saturated heterocycles. The van der Waals surface area contributed by atoms with E-state index in [1.54, 1.807) is 13.2 Å². The van der Waals surface area contributed by atoms with Crippen molar-refractivity contribution in [1.82, 2.24) is 0 Å². The smallest absolute Gasteiger partial charge is 0.304 e. The third kappa shape index (κ3) is 4.19. The number of aryl methyl sites for hydroxylation is 1. The van der Waals surface area contributed by atoms with E-state index in [4.69, 9.17) is 25.4 Å². The van der Waals surface area contributed by atoms with E-state index in [0.29, 0.717) is 29.2 Å². The zero-order valence-electron chi connectivity index (χ0n) is 14.0. The SMILES string of the molecule is C#CC(OC(C)=O)c1c(CCC=C)cc(OC)c(OC)c1OC. The lowest BCUT2D eigenvalue weighted by molar-refractivity contribution is -0.144. The van der Waals surface area contributed by atoms with Crippen LogP contribution in [0.2, 0.25) is 0 Å². The molecule has 0 bridgehead atoms. The van der Waals surface area contributed by atoms with Crippen LogP contribution < -0.4 is 14.2 Å². The number of methoxy groups -OCH3 is 3. The fourth-order valence-corrected chi connectivity index (χ4v) is 2.32. The van der Waals surface area contributed by atoms with Crippen LogP contribution in [0.3, 0.4) is 0 Å². The van der Waals surface area contributed by atoms with Gasteiger partial charge in [0, 0.05) is 6.92 Å². The molecule has 124 valence electrons. The number of ether oxygens (including phenoxy) is 4. The van der Waals surface area contributed by atoms with Gasteiger partial charge in [-0.05, 0) is 24.5 Å². The average Bonchev–Trinajstić information content (AvgIpc) is 2.55. The van der Waals surface area contributed by atoms with Crippen molar-refractivity contribution >= 4 is 5.97 Å². The summed E-state index contributed by atoms with van der Waals surface area (Å²) in [6.45, 7) is 5.03. The van der Waals surface area contributed by atoms with E-state index in [2.05, 4.69) is 12.5 Å². The summed E-state index contributed by atoms with van der Waals surface area (Å²) in [4.78, 5) is 11.4. The number of hydrogen-bond donors (Lipinski definition) is 0. The van der Waals surface area contributed by atoms with Crippen molar-refractivity contribution in [3.8, 4) is 29.6 Å². The first-order valence-electron chi connectivity index (χ1n) is 7.09. The van der Waals surface area contributed by atoms with Crippen LogP contribution in [0.5, 0.6) is 17.2 Å². The minimum Gasteiger partial charge on any atom is -0.493 e. The standard InChI is InChI=1S/C18H22O5/c1-7-9-10-13-11-15(20-4)17(21-5)18(22-6)16(13)14(8-2)23-12(3)19/h2,7,11,14H,1,9-10H2,3-6H3. The molecule has 0 fully saturated rings. The van der Waals surface area contributed by atoms with Crippen molar-refractivity contribution in [3.63, 3.8) is 0 Å². The van der Waals surface area contributed by atoms with E-state index in [1.807, 2.05) is 6.07 Å². The van der Waals surface area contributed by atoms with E-state index in [1.165, 1.54) is 21.1 Å². The van der Waals surface area contributed by atoms with Gasteiger partial charge in [0.1, 0.15) is 0 Å². The zero-order valence-corrected chi connectivity index (χ0v) is 14.0. The number of esters is 1. The Morgan fingerprint density at radius 2 is 1.96 bits per heavy atom. The van der Waals surface area contributed by atoms with Gasteiger partial charge in [0.25, 0.3) is 0 Å². The molecule has 0 N–H and O–H groups in total. The lowest BCUT2D eigenvalue weighted by Crippen LogP contribution is -2.12. The molecule has 0 aliphatic heterocycles. The molecule has 5 nitrogen and oxygen atoms in total. The van der Waals surface area contributed by atoms with E-state index in [9.17, 15) is 4.79 Å². The Morgan fingerprint density at radius 3 is 2.39 bits per heavy atom. The molecule has 1 aromatic rings. The largest absolute Gasteiger partial charge is 0.493 e. The molecule has 0 amide bonds. The van der Waals surface area contributed by atoms with Gasteiger partial charge in [0.2, 0.25) is 5.75 Å². The Bertz CT molecular complexity index is 613. The Balaban J connectivity index is 3.62. The second kappa shape index (κ2) is 8.74. The van der Waals surface area contributed by atoms with Gasteiger partial charge in [-0.15, -0.1) is 13.0 Å².